The molecular formula is C50H36F2N4O6S2. The second kappa shape index (κ2) is 18.2. The van der Waals surface area contributed by atoms with E-state index in [2.05, 4.69) is 12.1 Å². The number of hydrogen-bond acceptors (Lipinski definition) is 9. The van der Waals surface area contributed by atoms with Crippen molar-refractivity contribution >= 4 is 58.7 Å². The zero-order valence-electron chi connectivity index (χ0n) is 34.3. The summed E-state index contributed by atoms with van der Waals surface area (Å²) in [6.45, 7) is 3.88. The summed E-state index contributed by atoms with van der Waals surface area (Å²) < 4.78 is 37.1. The number of amides is 2. The van der Waals surface area contributed by atoms with Crippen molar-refractivity contribution in [3.63, 3.8) is 0 Å². The number of esters is 1. The Kier molecular flexibility index (Phi) is 12.4. The number of nitrogens with zero attached hydrogens (tertiary/aromatic N) is 4. The third-order valence-electron chi connectivity index (χ3n) is 11.2. The van der Waals surface area contributed by atoms with Crippen LogP contribution in [0.15, 0.2) is 125 Å². The van der Waals surface area contributed by atoms with Crippen LogP contribution in [0.3, 0.4) is 0 Å². The first kappa shape index (κ1) is 43.4. The molecule has 318 valence electrons. The van der Waals surface area contributed by atoms with Crippen molar-refractivity contribution in [3.05, 3.63) is 183 Å². The van der Waals surface area contributed by atoms with Gasteiger partial charge in [-0.3, -0.25) is 9.59 Å². The molecule has 2 atom stereocenters. The van der Waals surface area contributed by atoms with Gasteiger partial charge in [0.15, 0.2) is 0 Å². The molecule has 2 unspecified atom stereocenters. The molecule has 10 nitrogen and oxygen atoms in total. The molecule has 6 aromatic carbocycles. The van der Waals surface area contributed by atoms with E-state index >= 15 is 8.78 Å². The Balaban J connectivity index is 1.01. The molecule has 2 heterocycles. The Labute approximate surface area is 375 Å². The monoisotopic (exact) mass is 890 g/mol. The lowest BCUT2D eigenvalue weighted by Gasteiger charge is -2.34. The number of thioether (sulfide) groups is 2. The number of aromatic carboxylic acids is 1. The van der Waals surface area contributed by atoms with E-state index in [0.29, 0.717) is 32.8 Å². The number of nitriles is 2. The number of anilines is 2. The summed E-state index contributed by atoms with van der Waals surface area (Å²) in [5.74, 6) is -3.72. The van der Waals surface area contributed by atoms with Crippen molar-refractivity contribution in [2.75, 3.05) is 9.80 Å². The fourth-order valence-corrected chi connectivity index (χ4v) is 10.2. The summed E-state index contributed by atoms with van der Waals surface area (Å²) in [5, 5.41) is 26.6. The van der Waals surface area contributed by atoms with Gasteiger partial charge in [-0.1, -0.05) is 42.5 Å². The Morgan fingerprint density at radius 2 is 1.16 bits per heavy atom. The summed E-state index contributed by atoms with van der Waals surface area (Å²) >= 11 is 2.18. The number of benzene rings is 6. The Morgan fingerprint density at radius 1 is 0.656 bits per heavy atom. The average molecular weight is 891 g/mol. The SMILES string of the molecule is Cc1cc(C#N)ccc1CN1C(=O)C(Cc2ccc(C(=O)Oc3cc(F)c4c(c3)N(Cc3ccc(C#N)cc3C)C(=O)C(Cc3ccc(C(=O)O)cc3)S4)cc2)Sc2c(F)cccc21. The van der Waals surface area contributed by atoms with E-state index in [0.717, 1.165) is 51.8 Å². The molecular weight excluding hydrogens is 855 g/mol. The van der Waals surface area contributed by atoms with Crippen LogP contribution in [0.4, 0.5) is 20.2 Å². The predicted octanol–water partition coefficient (Wildman–Crippen LogP) is 9.74. The Hall–Kier alpha value is -7.26. The summed E-state index contributed by atoms with van der Waals surface area (Å²) in [6, 6.07) is 34.2. The number of carbonyl (C=O) groups excluding carboxylic acids is 3. The zero-order chi connectivity index (χ0) is 45.2. The predicted molar refractivity (Wildman–Crippen MR) is 238 cm³/mol. The Bertz CT molecular complexity index is 2970. The first-order valence-corrected chi connectivity index (χ1v) is 21.8. The molecule has 2 aliphatic rings. The smallest absolute Gasteiger partial charge is 0.343 e. The normalized spacial score (nSPS) is 15.5. The van der Waals surface area contributed by atoms with E-state index in [4.69, 9.17) is 4.74 Å². The number of carbonyl (C=O) groups is 4. The number of fused-ring (bicyclic) bond motifs is 2. The number of carboxylic acid groups (broad SMARTS) is 1. The van der Waals surface area contributed by atoms with E-state index in [-0.39, 0.29) is 65.2 Å². The van der Waals surface area contributed by atoms with Gasteiger partial charge in [0.2, 0.25) is 11.8 Å². The highest BCUT2D eigenvalue weighted by Crippen LogP contribution is 2.46. The molecule has 0 saturated carbocycles. The Morgan fingerprint density at radius 3 is 1.66 bits per heavy atom. The molecule has 0 aromatic heterocycles. The minimum atomic E-state index is -1.08. The van der Waals surface area contributed by atoms with Crippen LogP contribution in [0, 0.1) is 48.1 Å². The largest absolute Gasteiger partial charge is 0.478 e. The second-order valence-corrected chi connectivity index (χ2v) is 17.8. The van der Waals surface area contributed by atoms with E-state index in [9.17, 15) is 34.8 Å². The number of rotatable bonds is 11. The van der Waals surface area contributed by atoms with Crippen molar-refractivity contribution in [2.45, 2.75) is 60.1 Å². The molecule has 2 amide bonds. The number of halogens is 2. The molecule has 0 bridgehead atoms. The summed E-state index contributed by atoms with van der Waals surface area (Å²) in [7, 11) is 0. The maximum absolute atomic E-state index is 16.2. The fourth-order valence-electron chi connectivity index (χ4n) is 7.69. The van der Waals surface area contributed by atoms with Gasteiger partial charge in [-0.15, -0.1) is 23.5 Å². The standard InChI is InChI=1S/C50H36F2N4O6S2/c1-28-18-32(24-53)10-16-36(28)26-55-41-5-3-4-39(51)45(41)63-43(47(55)57)21-31-8-14-35(15-9-31)50(61)62-38-22-40(52)46-42(23-38)56(27-37-17-11-33(25-54)19-29(37)2)48(58)44(64-46)20-30-6-12-34(13-7-30)49(59)60/h3-19,22-23,43-44H,20-21,26-27H2,1-2H3,(H,59,60). The number of aryl methyl sites for hydroxylation is 2. The first-order chi connectivity index (χ1) is 30.8. The molecule has 0 aliphatic carbocycles. The third kappa shape index (κ3) is 8.97. The quantitative estimate of drug-likeness (QED) is 0.0983. The van der Waals surface area contributed by atoms with E-state index in [1.54, 1.807) is 77.7 Å². The van der Waals surface area contributed by atoms with Crippen LogP contribution in [0.5, 0.6) is 5.75 Å². The lowest BCUT2D eigenvalue weighted by atomic mass is 10.0. The summed E-state index contributed by atoms with van der Waals surface area (Å²) in [6.07, 6.45) is 0.409. The van der Waals surface area contributed by atoms with Crippen LogP contribution in [0.1, 0.15) is 65.2 Å². The van der Waals surface area contributed by atoms with Gasteiger partial charge in [0, 0.05) is 12.1 Å². The molecule has 0 spiro atoms. The molecule has 14 heteroatoms. The second-order valence-electron chi connectivity index (χ2n) is 15.4. The van der Waals surface area contributed by atoms with Gasteiger partial charge in [0.25, 0.3) is 0 Å². The topological polar surface area (TPSA) is 152 Å². The van der Waals surface area contributed by atoms with Gasteiger partial charge in [-0.2, -0.15) is 10.5 Å². The number of hydrogen-bond donors (Lipinski definition) is 1. The van der Waals surface area contributed by atoms with Gasteiger partial charge >= 0.3 is 11.9 Å². The third-order valence-corrected chi connectivity index (χ3v) is 13.8. The van der Waals surface area contributed by atoms with Crippen LogP contribution >= 0.6 is 23.5 Å². The van der Waals surface area contributed by atoms with Gasteiger partial charge in [-0.25, -0.2) is 18.4 Å². The van der Waals surface area contributed by atoms with E-state index in [1.807, 2.05) is 13.8 Å². The van der Waals surface area contributed by atoms with Crippen molar-refractivity contribution < 1.29 is 37.8 Å². The number of carboxylic acids is 1. The molecule has 2 aliphatic heterocycles. The molecule has 6 aromatic rings. The highest BCUT2D eigenvalue weighted by molar-refractivity contribution is 8.01. The minimum Gasteiger partial charge on any atom is -0.478 e. The summed E-state index contributed by atoms with van der Waals surface area (Å²) in [5.41, 5.74) is 6.34. The fraction of sp³-hybridized carbons (Fsp3) is 0.160. The lowest BCUT2D eigenvalue weighted by molar-refractivity contribution is -0.119. The van der Waals surface area contributed by atoms with Crippen LogP contribution in [-0.4, -0.2) is 39.4 Å². The highest BCUT2D eigenvalue weighted by Gasteiger charge is 2.38. The lowest BCUT2D eigenvalue weighted by Crippen LogP contribution is -2.42. The van der Waals surface area contributed by atoms with E-state index < -0.39 is 34.1 Å². The van der Waals surface area contributed by atoms with Crippen LogP contribution in [0.25, 0.3) is 0 Å². The molecule has 64 heavy (non-hydrogen) atoms. The van der Waals surface area contributed by atoms with Crippen LogP contribution in [-0.2, 0) is 35.5 Å². The van der Waals surface area contributed by atoms with Crippen molar-refractivity contribution in [1.82, 2.24) is 0 Å². The van der Waals surface area contributed by atoms with Gasteiger partial charge in [0.05, 0.1) is 79.1 Å². The molecule has 8 rings (SSSR count). The van der Waals surface area contributed by atoms with Gasteiger partial charge in [0.1, 0.15) is 17.4 Å². The van der Waals surface area contributed by atoms with Gasteiger partial charge < -0.3 is 19.6 Å². The first-order valence-electron chi connectivity index (χ1n) is 20.0. The van der Waals surface area contributed by atoms with Crippen molar-refractivity contribution in [1.29, 1.82) is 10.5 Å². The molecule has 0 saturated heterocycles. The average Bonchev–Trinajstić information content (AvgIpc) is 3.28. The van der Waals surface area contributed by atoms with Crippen LogP contribution in [0.2, 0.25) is 0 Å². The maximum Gasteiger partial charge on any atom is 0.343 e. The highest BCUT2D eigenvalue weighted by atomic mass is 32.2. The van der Waals surface area contributed by atoms with Crippen molar-refractivity contribution in [3.8, 4) is 17.9 Å². The summed E-state index contributed by atoms with van der Waals surface area (Å²) in [4.78, 5) is 56.8. The van der Waals surface area contributed by atoms with Crippen molar-refractivity contribution in [2.24, 2.45) is 0 Å². The number of ether oxygens (including phenoxy) is 1. The molecule has 0 fully saturated rings. The van der Waals surface area contributed by atoms with Gasteiger partial charge in [-0.05, 0) is 121 Å². The van der Waals surface area contributed by atoms with Crippen LogP contribution < -0.4 is 14.5 Å². The minimum absolute atomic E-state index is 0.0313. The maximum atomic E-state index is 16.2. The van der Waals surface area contributed by atoms with E-state index in [1.165, 1.54) is 41.3 Å². The molecule has 1 N–H and O–H groups in total. The molecule has 0 radical (unpaired) electrons. The zero-order valence-corrected chi connectivity index (χ0v) is 35.9.